The molecule has 11 heavy (non-hydrogen) atoms. The molecule has 1 atom stereocenters. The second kappa shape index (κ2) is 2.92. The molecule has 6 heteroatoms. The summed E-state index contributed by atoms with van der Waals surface area (Å²) < 4.78 is 58.6. The van der Waals surface area contributed by atoms with Gasteiger partial charge in [0.2, 0.25) is 0 Å². The summed E-state index contributed by atoms with van der Waals surface area (Å²) in [5.74, 6) is -6.55. The highest BCUT2D eigenvalue weighted by atomic mass is 19.4. The zero-order valence-corrected chi connectivity index (χ0v) is 5.75. The van der Waals surface area contributed by atoms with Gasteiger partial charge in [-0.05, 0) is 0 Å². The molecule has 2 N–H and O–H groups in total. The van der Waals surface area contributed by atoms with Gasteiger partial charge in [-0.25, -0.2) is 0 Å². The Labute approximate surface area is 60.4 Å². The maximum Gasteiger partial charge on any atom is 0.453 e. The summed E-state index contributed by atoms with van der Waals surface area (Å²) in [5.41, 5.74) is 4.67. The summed E-state index contributed by atoms with van der Waals surface area (Å²) >= 11 is 0. The van der Waals surface area contributed by atoms with Gasteiger partial charge in [-0.15, -0.1) is 0 Å². The second-order valence-corrected chi connectivity index (χ2v) is 2.26. The van der Waals surface area contributed by atoms with E-state index in [4.69, 9.17) is 0 Å². The Kier molecular flexibility index (Phi) is 2.82. The zero-order chi connectivity index (χ0) is 9.28. The van der Waals surface area contributed by atoms with Gasteiger partial charge in [0, 0.05) is 12.5 Å². The highest BCUT2D eigenvalue weighted by Crippen LogP contribution is 2.40. The Balaban J connectivity index is 4.45. The van der Waals surface area contributed by atoms with Crippen LogP contribution in [0.5, 0.6) is 0 Å². The Morgan fingerprint density at radius 1 is 1.18 bits per heavy atom. The predicted molar refractivity (Wildman–Crippen MR) is 29.2 cm³/mol. The second-order valence-electron chi connectivity index (χ2n) is 2.26. The fourth-order valence-electron chi connectivity index (χ4n) is 0.427. The van der Waals surface area contributed by atoms with Crippen molar-refractivity contribution in [1.82, 2.24) is 0 Å². The van der Waals surface area contributed by atoms with E-state index in [2.05, 4.69) is 5.73 Å². The average Bonchev–Trinajstić information content (AvgIpc) is 1.83. The summed E-state index contributed by atoms with van der Waals surface area (Å²) in [6.07, 6.45) is -5.49. The molecule has 0 unspecified atom stereocenters. The molecule has 68 valence electrons. The monoisotopic (exact) mass is 177 g/mol. The van der Waals surface area contributed by atoms with Crippen molar-refractivity contribution in [2.24, 2.45) is 11.7 Å². The molecule has 0 aliphatic carbocycles. The fraction of sp³-hybridized carbons (Fsp3) is 1.00. The lowest BCUT2D eigenvalue weighted by Gasteiger charge is -2.24. The van der Waals surface area contributed by atoms with Gasteiger partial charge in [-0.2, -0.15) is 22.0 Å². The molecule has 0 fully saturated rings. The molecule has 0 rings (SSSR count). The van der Waals surface area contributed by atoms with Crippen LogP contribution in [0.15, 0.2) is 0 Å². The van der Waals surface area contributed by atoms with Crippen LogP contribution in [0.2, 0.25) is 0 Å². The molecular weight excluding hydrogens is 169 g/mol. The molecule has 0 aromatic rings. The molecule has 0 amide bonds. The number of halogens is 5. The standard InChI is InChI=1S/C5H8F5N/c1-3(2-11)4(6,7)5(8,9)10/h3H,2,11H2,1H3/t3-/m0/s1. The Morgan fingerprint density at radius 2 is 1.55 bits per heavy atom. The van der Waals surface area contributed by atoms with Crippen LogP contribution >= 0.6 is 0 Å². The lowest BCUT2D eigenvalue weighted by molar-refractivity contribution is -0.299. The van der Waals surface area contributed by atoms with E-state index < -0.39 is 24.6 Å². The van der Waals surface area contributed by atoms with Crippen LogP contribution in [-0.4, -0.2) is 18.6 Å². The molecule has 0 aliphatic heterocycles. The van der Waals surface area contributed by atoms with E-state index in [1.165, 1.54) is 0 Å². The molecule has 0 aromatic carbocycles. The fourth-order valence-corrected chi connectivity index (χ4v) is 0.427. The highest BCUT2D eigenvalue weighted by Gasteiger charge is 2.60. The van der Waals surface area contributed by atoms with Gasteiger partial charge in [0.15, 0.2) is 0 Å². The highest BCUT2D eigenvalue weighted by molar-refractivity contribution is 4.81. The Bertz CT molecular complexity index is 129. The molecule has 0 saturated heterocycles. The average molecular weight is 177 g/mol. The molecule has 0 radical (unpaired) electrons. The van der Waals surface area contributed by atoms with Gasteiger partial charge >= 0.3 is 12.1 Å². The summed E-state index contributed by atoms with van der Waals surface area (Å²) in [7, 11) is 0. The molecule has 0 aromatic heterocycles. The minimum Gasteiger partial charge on any atom is -0.330 e. The third-order valence-corrected chi connectivity index (χ3v) is 1.35. The third kappa shape index (κ3) is 2.02. The molecule has 0 saturated carbocycles. The van der Waals surface area contributed by atoms with Crippen molar-refractivity contribution in [3.8, 4) is 0 Å². The van der Waals surface area contributed by atoms with Gasteiger partial charge < -0.3 is 5.73 Å². The van der Waals surface area contributed by atoms with E-state index in [1.54, 1.807) is 0 Å². The van der Waals surface area contributed by atoms with Crippen LogP contribution in [0.1, 0.15) is 6.92 Å². The normalized spacial score (nSPS) is 16.6. The smallest absolute Gasteiger partial charge is 0.330 e. The molecule has 0 heterocycles. The van der Waals surface area contributed by atoms with Gasteiger partial charge in [0.1, 0.15) is 0 Å². The summed E-state index contributed by atoms with van der Waals surface area (Å²) in [5, 5.41) is 0. The summed E-state index contributed by atoms with van der Waals surface area (Å²) in [4.78, 5) is 0. The van der Waals surface area contributed by atoms with E-state index in [-0.39, 0.29) is 0 Å². The minimum atomic E-state index is -5.49. The molecule has 0 spiro atoms. The topological polar surface area (TPSA) is 26.0 Å². The van der Waals surface area contributed by atoms with Crippen molar-refractivity contribution < 1.29 is 22.0 Å². The van der Waals surface area contributed by atoms with Gasteiger partial charge in [0.25, 0.3) is 0 Å². The van der Waals surface area contributed by atoms with Crippen LogP contribution in [0.3, 0.4) is 0 Å². The first-order valence-electron chi connectivity index (χ1n) is 2.88. The molecular formula is C5H8F5N. The SMILES string of the molecule is C[C@@H](CN)C(F)(F)C(F)(F)F. The van der Waals surface area contributed by atoms with E-state index in [1.807, 2.05) is 0 Å². The van der Waals surface area contributed by atoms with Crippen molar-refractivity contribution in [3.05, 3.63) is 0 Å². The van der Waals surface area contributed by atoms with Gasteiger partial charge in [-0.3, -0.25) is 0 Å². The van der Waals surface area contributed by atoms with Crippen molar-refractivity contribution >= 4 is 0 Å². The molecule has 0 aliphatic rings. The number of hydrogen-bond acceptors (Lipinski definition) is 1. The first-order chi connectivity index (χ1) is 4.73. The van der Waals surface area contributed by atoms with Crippen molar-refractivity contribution in [3.63, 3.8) is 0 Å². The lowest BCUT2D eigenvalue weighted by atomic mass is 10.0. The van der Waals surface area contributed by atoms with E-state index in [0.29, 0.717) is 0 Å². The van der Waals surface area contributed by atoms with E-state index >= 15 is 0 Å². The Morgan fingerprint density at radius 3 is 1.64 bits per heavy atom. The summed E-state index contributed by atoms with van der Waals surface area (Å²) in [6.45, 7) is 0.0694. The Hall–Kier alpha value is -0.390. The quantitative estimate of drug-likeness (QED) is 0.639. The molecule has 0 bridgehead atoms. The maximum absolute atomic E-state index is 12.1. The van der Waals surface area contributed by atoms with E-state index in [9.17, 15) is 22.0 Å². The minimum absolute atomic E-state index is 0.688. The third-order valence-electron chi connectivity index (χ3n) is 1.35. The number of rotatable bonds is 2. The van der Waals surface area contributed by atoms with Crippen LogP contribution in [-0.2, 0) is 0 Å². The number of hydrogen-bond donors (Lipinski definition) is 1. The summed E-state index contributed by atoms with van der Waals surface area (Å²) in [6, 6.07) is 0. The van der Waals surface area contributed by atoms with Crippen molar-refractivity contribution in [1.29, 1.82) is 0 Å². The lowest BCUT2D eigenvalue weighted by Crippen LogP contribution is -2.45. The van der Waals surface area contributed by atoms with Crippen molar-refractivity contribution in [2.45, 2.75) is 19.0 Å². The van der Waals surface area contributed by atoms with Crippen molar-refractivity contribution in [2.75, 3.05) is 6.54 Å². The number of alkyl halides is 5. The van der Waals surface area contributed by atoms with Gasteiger partial charge in [-0.1, -0.05) is 6.92 Å². The first-order valence-corrected chi connectivity index (χ1v) is 2.88. The van der Waals surface area contributed by atoms with Crippen LogP contribution in [0.4, 0.5) is 22.0 Å². The predicted octanol–water partition coefficient (Wildman–Crippen LogP) is 1.78. The van der Waals surface area contributed by atoms with E-state index in [0.717, 1.165) is 6.92 Å². The first kappa shape index (κ1) is 10.6. The van der Waals surface area contributed by atoms with Crippen LogP contribution in [0, 0.1) is 5.92 Å². The van der Waals surface area contributed by atoms with Gasteiger partial charge in [0.05, 0.1) is 0 Å². The van der Waals surface area contributed by atoms with Crippen LogP contribution < -0.4 is 5.73 Å². The number of nitrogens with two attached hydrogens (primary N) is 1. The molecule has 1 nitrogen and oxygen atoms in total. The van der Waals surface area contributed by atoms with Crippen LogP contribution in [0.25, 0.3) is 0 Å². The largest absolute Gasteiger partial charge is 0.453 e. The zero-order valence-electron chi connectivity index (χ0n) is 5.75. The maximum atomic E-state index is 12.1.